The molecule has 0 heterocycles. The summed E-state index contributed by atoms with van der Waals surface area (Å²) in [5, 5.41) is 2.60. The van der Waals surface area contributed by atoms with Gasteiger partial charge < -0.3 is 5.73 Å². The van der Waals surface area contributed by atoms with Crippen LogP contribution in [0.1, 0.15) is 25.5 Å². The molecule has 1 unspecified atom stereocenters. The first-order valence-electron chi connectivity index (χ1n) is 7.01. The van der Waals surface area contributed by atoms with E-state index in [4.69, 9.17) is 5.73 Å². The maximum atomic E-state index is 6.03. The van der Waals surface area contributed by atoms with Gasteiger partial charge in [-0.05, 0) is 29.3 Å². The summed E-state index contributed by atoms with van der Waals surface area (Å²) in [6, 6.07) is 15.3. The fraction of sp³-hybridized carbons (Fsp3) is 0.412. The second-order valence-corrected chi connectivity index (χ2v) is 5.65. The van der Waals surface area contributed by atoms with Gasteiger partial charge in [-0.25, -0.2) is 0 Å². The molecule has 0 aromatic heterocycles. The lowest BCUT2D eigenvalue weighted by Gasteiger charge is -2.29. The van der Waals surface area contributed by atoms with E-state index in [9.17, 15) is 0 Å². The minimum Gasteiger partial charge on any atom is -0.329 e. The van der Waals surface area contributed by atoms with Crippen LogP contribution in [0.15, 0.2) is 42.5 Å². The van der Waals surface area contributed by atoms with Gasteiger partial charge in [-0.3, -0.25) is 4.90 Å². The Morgan fingerprint density at radius 3 is 2.42 bits per heavy atom. The Balaban J connectivity index is 2.40. The van der Waals surface area contributed by atoms with Gasteiger partial charge >= 0.3 is 0 Å². The molecule has 1 atom stereocenters. The third kappa shape index (κ3) is 3.14. The van der Waals surface area contributed by atoms with Gasteiger partial charge in [0.1, 0.15) is 0 Å². The van der Waals surface area contributed by atoms with Crippen LogP contribution in [0.5, 0.6) is 0 Å². The van der Waals surface area contributed by atoms with E-state index in [1.165, 1.54) is 16.3 Å². The molecule has 19 heavy (non-hydrogen) atoms. The summed E-state index contributed by atoms with van der Waals surface area (Å²) in [6.45, 7) is 6.20. The van der Waals surface area contributed by atoms with Crippen molar-refractivity contribution in [3.8, 4) is 0 Å². The first-order valence-corrected chi connectivity index (χ1v) is 7.01. The minimum atomic E-state index is 0.286. The third-order valence-electron chi connectivity index (χ3n) is 3.59. The quantitative estimate of drug-likeness (QED) is 0.888. The fourth-order valence-corrected chi connectivity index (χ4v) is 2.79. The zero-order chi connectivity index (χ0) is 13.8. The van der Waals surface area contributed by atoms with Crippen molar-refractivity contribution in [3.63, 3.8) is 0 Å². The predicted octanol–water partition coefficient (Wildman–Crippen LogP) is 3.43. The van der Waals surface area contributed by atoms with E-state index in [1.807, 2.05) is 0 Å². The lowest BCUT2D eigenvalue weighted by molar-refractivity contribution is 0.225. The Morgan fingerprint density at radius 1 is 1.05 bits per heavy atom. The van der Waals surface area contributed by atoms with Crippen molar-refractivity contribution in [2.45, 2.75) is 19.9 Å². The average molecular weight is 256 g/mol. The summed E-state index contributed by atoms with van der Waals surface area (Å²) in [7, 11) is 2.17. The number of rotatable bonds is 5. The SMILES string of the molecule is CC(C)CN(C)C(CN)c1cccc2ccccc12. The molecule has 2 N–H and O–H groups in total. The molecular formula is C17H24N2. The molecule has 0 amide bonds. The van der Waals surface area contributed by atoms with Crippen LogP contribution in [0.2, 0.25) is 0 Å². The molecule has 2 aromatic rings. The van der Waals surface area contributed by atoms with Gasteiger partial charge in [0.25, 0.3) is 0 Å². The summed E-state index contributed by atoms with van der Waals surface area (Å²) in [6.07, 6.45) is 0. The summed E-state index contributed by atoms with van der Waals surface area (Å²) in [5.74, 6) is 0.647. The van der Waals surface area contributed by atoms with Gasteiger partial charge in [-0.15, -0.1) is 0 Å². The van der Waals surface area contributed by atoms with Crippen LogP contribution in [0.3, 0.4) is 0 Å². The van der Waals surface area contributed by atoms with Crippen LogP contribution in [-0.2, 0) is 0 Å². The topological polar surface area (TPSA) is 29.3 Å². The molecule has 0 saturated carbocycles. The highest BCUT2D eigenvalue weighted by atomic mass is 15.1. The van der Waals surface area contributed by atoms with E-state index in [2.05, 4.69) is 68.3 Å². The molecule has 2 rings (SSSR count). The Kier molecular flexibility index (Phi) is 4.56. The molecule has 0 radical (unpaired) electrons. The summed E-state index contributed by atoms with van der Waals surface area (Å²) < 4.78 is 0. The normalized spacial score (nSPS) is 13.4. The maximum Gasteiger partial charge on any atom is 0.0473 e. The van der Waals surface area contributed by atoms with Gasteiger partial charge in [-0.2, -0.15) is 0 Å². The number of hydrogen-bond acceptors (Lipinski definition) is 2. The largest absolute Gasteiger partial charge is 0.329 e. The van der Waals surface area contributed by atoms with Crippen molar-refractivity contribution in [1.29, 1.82) is 0 Å². The monoisotopic (exact) mass is 256 g/mol. The highest BCUT2D eigenvalue weighted by molar-refractivity contribution is 5.86. The van der Waals surface area contributed by atoms with Gasteiger partial charge in [0.15, 0.2) is 0 Å². The zero-order valence-corrected chi connectivity index (χ0v) is 12.1. The van der Waals surface area contributed by atoms with E-state index in [0.717, 1.165) is 6.54 Å². The number of nitrogens with two attached hydrogens (primary N) is 1. The first-order chi connectivity index (χ1) is 9.13. The maximum absolute atomic E-state index is 6.03. The van der Waals surface area contributed by atoms with Crippen LogP contribution in [0, 0.1) is 5.92 Å². The van der Waals surface area contributed by atoms with Crippen molar-refractivity contribution >= 4 is 10.8 Å². The van der Waals surface area contributed by atoms with E-state index < -0.39 is 0 Å². The fourth-order valence-electron chi connectivity index (χ4n) is 2.79. The van der Waals surface area contributed by atoms with Crippen LogP contribution >= 0.6 is 0 Å². The molecule has 0 fully saturated rings. The zero-order valence-electron chi connectivity index (χ0n) is 12.1. The molecule has 0 aliphatic rings. The summed E-state index contributed by atoms with van der Waals surface area (Å²) >= 11 is 0. The van der Waals surface area contributed by atoms with E-state index in [-0.39, 0.29) is 6.04 Å². The molecule has 102 valence electrons. The standard InChI is InChI=1S/C17H24N2/c1-13(2)12-19(3)17(11-18)16-10-6-8-14-7-4-5-9-15(14)16/h4-10,13,17H,11-12,18H2,1-3H3. The second kappa shape index (κ2) is 6.18. The summed E-state index contributed by atoms with van der Waals surface area (Å²) in [4.78, 5) is 2.37. The molecule has 2 heteroatoms. The molecule has 2 aromatic carbocycles. The number of nitrogens with zero attached hydrogens (tertiary/aromatic N) is 1. The van der Waals surface area contributed by atoms with Gasteiger partial charge in [0.05, 0.1) is 0 Å². The Morgan fingerprint density at radius 2 is 1.74 bits per heavy atom. The molecule has 0 saturated heterocycles. The van der Waals surface area contributed by atoms with Gasteiger partial charge in [0.2, 0.25) is 0 Å². The number of fused-ring (bicyclic) bond motifs is 1. The smallest absolute Gasteiger partial charge is 0.0473 e. The molecular weight excluding hydrogens is 232 g/mol. The van der Waals surface area contributed by atoms with E-state index in [0.29, 0.717) is 12.5 Å². The first kappa shape index (κ1) is 14.0. The summed E-state index contributed by atoms with van der Waals surface area (Å²) in [5.41, 5.74) is 7.37. The molecule has 2 nitrogen and oxygen atoms in total. The molecule has 0 aliphatic heterocycles. The predicted molar refractivity (Wildman–Crippen MR) is 83.2 cm³/mol. The minimum absolute atomic E-state index is 0.286. The lowest BCUT2D eigenvalue weighted by Crippen LogP contribution is -2.33. The molecule has 0 bridgehead atoms. The van der Waals surface area contributed by atoms with Crippen molar-refractivity contribution in [2.24, 2.45) is 11.7 Å². The number of hydrogen-bond donors (Lipinski definition) is 1. The van der Waals surface area contributed by atoms with Crippen LogP contribution in [0.4, 0.5) is 0 Å². The molecule has 0 aliphatic carbocycles. The van der Waals surface area contributed by atoms with Crippen molar-refractivity contribution in [3.05, 3.63) is 48.0 Å². The highest BCUT2D eigenvalue weighted by Gasteiger charge is 2.18. The van der Waals surface area contributed by atoms with Crippen LogP contribution in [-0.4, -0.2) is 25.0 Å². The van der Waals surface area contributed by atoms with Crippen molar-refractivity contribution < 1.29 is 0 Å². The Hall–Kier alpha value is -1.38. The number of benzene rings is 2. The van der Waals surface area contributed by atoms with E-state index >= 15 is 0 Å². The van der Waals surface area contributed by atoms with Gasteiger partial charge in [0, 0.05) is 19.1 Å². The molecule has 0 spiro atoms. The van der Waals surface area contributed by atoms with E-state index in [1.54, 1.807) is 0 Å². The third-order valence-corrected chi connectivity index (χ3v) is 3.59. The second-order valence-electron chi connectivity index (χ2n) is 5.65. The van der Waals surface area contributed by atoms with Crippen molar-refractivity contribution in [2.75, 3.05) is 20.1 Å². The lowest BCUT2D eigenvalue weighted by atomic mass is 9.97. The van der Waals surface area contributed by atoms with Crippen molar-refractivity contribution in [1.82, 2.24) is 4.90 Å². The Labute approximate surface area is 116 Å². The van der Waals surface area contributed by atoms with Gasteiger partial charge in [-0.1, -0.05) is 56.3 Å². The average Bonchev–Trinajstić information content (AvgIpc) is 2.39. The highest BCUT2D eigenvalue weighted by Crippen LogP contribution is 2.27. The van der Waals surface area contributed by atoms with Crippen LogP contribution < -0.4 is 5.73 Å². The van der Waals surface area contributed by atoms with Crippen LogP contribution in [0.25, 0.3) is 10.8 Å². The number of likely N-dealkylation sites (N-methyl/N-ethyl adjacent to an activating group) is 1. The Bertz CT molecular complexity index is 528.